The Labute approximate surface area is 122 Å². The number of nitrogens with one attached hydrogen (secondary N) is 2. The predicted molar refractivity (Wildman–Crippen MR) is 78.5 cm³/mol. The average Bonchev–Trinajstić information content (AvgIpc) is 2.46. The van der Waals surface area contributed by atoms with Crippen LogP contribution in [0.15, 0.2) is 24.3 Å². The second-order valence-electron chi connectivity index (χ2n) is 4.45. The zero-order chi connectivity index (χ0) is 16.0. The number of amides is 3. The minimum Gasteiger partial charge on any atom is -0.478 e. The summed E-state index contributed by atoms with van der Waals surface area (Å²) in [7, 11) is 1.45. The minimum absolute atomic E-state index is 0.0146. The number of para-hydroxylation sites is 1. The fourth-order valence-electron chi connectivity index (χ4n) is 1.73. The first-order valence-electron chi connectivity index (χ1n) is 6.52. The Balaban J connectivity index is 2.84. The number of aromatic carboxylic acids is 1. The van der Waals surface area contributed by atoms with Crippen molar-refractivity contribution in [2.45, 2.75) is 19.9 Å². The van der Waals surface area contributed by atoms with Crippen LogP contribution in [-0.2, 0) is 4.79 Å². The van der Waals surface area contributed by atoms with Crippen LogP contribution in [0.25, 0.3) is 0 Å². The Bertz CT molecular complexity index is 545. The summed E-state index contributed by atoms with van der Waals surface area (Å²) in [5.74, 6) is -1.42. The van der Waals surface area contributed by atoms with Crippen LogP contribution < -0.4 is 15.5 Å². The lowest BCUT2D eigenvalue weighted by atomic mass is 10.1. The van der Waals surface area contributed by atoms with Gasteiger partial charge in [0.1, 0.15) is 6.04 Å². The minimum atomic E-state index is -1.12. The van der Waals surface area contributed by atoms with E-state index in [2.05, 4.69) is 10.6 Å². The van der Waals surface area contributed by atoms with Gasteiger partial charge in [0.2, 0.25) is 5.91 Å². The van der Waals surface area contributed by atoms with Gasteiger partial charge in [-0.25, -0.2) is 9.59 Å². The molecule has 0 saturated carbocycles. The van der Waals surface area contributed by atoms with E-state index in [0.717, 1.165) is 0 Å². The first-order valence-corrected chi connectivity index (χ1v) is 6.52. The Morgan fingerprint density at radius 1 is 1.29 bits per heavy atom. The monoisotopic (exact) mass is 293 g/mol. The molecule has 0 bridgehead atoms. The third-order valence-electron chi connectivity index (χ3n) is 2.88. The maximum absolute atomic E-state index is 12.1. The molecular weight excluding hydrogens is 274 g/mol. The second kappa shape index (κ2) is 7.28. The lowest BCUT2D eigenvalue weighted by Crippen LogP contribution is -2.49. The quantitative estimate of drug-likeness (QED) is 0.755. The zero-order valence-corrected chi connectivity index (χ0v) is 12.2. The van der Waals surface area contributed by atoms with E-state index >= 15 is 0 Å². The van der Waals surface area contributed by atoms with Gasteiger partial charge in [0.25, 0.3) is 0 Å². The summed E-state index contributed by atoms with van der Waals surface area (Å²) in [6.07, 6.45) is 0. The van der Waals surface area contributed by atoms with E-state index in [1.54, 1.807) is 26.0 Å². The normalized spacial score (nSPS) is 11.4. The number of carboxylic acids is 1. The van der Waals surface area contributed by atoms with Crippen LogP contribution >= 0.6 is 0 Å². The highest BCUT2D eigenvalue weighted by molar-refractivity contribution is 6.02. The van der Waals surface area contributed by atoms with E-state index in [9.17, 15) is 14.4 Å². The third-order valence-corrected chi connectivity index (χ3v) is 2.88. The van der Waals surface area contributed by atoms with E-state index in [4.69, 9.17) is 5.11 Å². The molecule has 0 aliphatic heterocycles. The maximum Gasteiger partial charge on any atom is 0.337 e. The molecule has 1 unspecified atom stereocenters. The number of benzene rings is 1. The Morgan fingerprint density at radius 2 is 1.90 bits per heavy atom. The van der Waals surface area contributed by atoms with Gasteiger partial charge in [0, 0.05) is 13.6 Å². The predicted octanol–water partition coefficient (Wildman–Crippen LogP) is 1.06. The Kier molecular flexibility index (Phi) is 5.71. The number of rotatable bonds is 5. The van der Waals surface area contributed by atoms with Gasteiger partial charge in [0.05, 0.1) is 11.3 Å². The second-order valence-corrected chi connectivity index (χ2v) is 4.45. The molecule has 0 aliphatic carbocycles. The number of carbonyl (C=O) groups is 3. The van der Waals surface area contributed by atoms with Crippen molar-refractivity contribution in [1.82, 2.24) is 10.6 Å². The first-order chi connectivity index (χ1) is 9.88. The molecular formula is C14H19N3O4. The van der Waals surface area contributed by atoms with Crippen LogP contribution in [0.1, 0.15) is 24.2 Å². The van der Waals surface area contributed by atoms with E-state index in [1.165, 1.54) is 24.1 Å². The van der Waals surface area contributed by atoms with Crippen molar-refractivity contribution in [3.8, 4) is 0 Å². The molecule has 0 aliphatic rings. The van der Waals surface area contributed by atoms with Gasteiger partial charge >= 0.3 is 12.0 Å². The molecule has 0 radical (unpaired) electrons. The Morgan fingerprint density at radius 3 is 2.48 bits per heavy atom. The smallest absolute Gasteiger partial charge is 0.337 e. The topological polar surface area (TPSA) is 98.7 Å². The maximum atomic E-state index is 12.1. The van der Waals surface area contributed by atoms with Crippen molar-refractivity contribution in [2.24, 2.45) is 0 Å². The molecule has 21 heavy (non-hydrogen) atoms. The molecule has 1 rings (SSSR count). The summed E-state index contributed by atoms with van der Waals surface area (Å²) < 4.78 is 0. The van der Waals surface area contributed by atoms with Crippen molar-refractivity contribution < 1.29 is 19.5 Å². The summed E-state index contributed by atoms with van der Waals surface area (Å²) in [5, 5.41) is 14.2. The molecule has 0 saturated heterocycles. The summed E-state index contributed by atoms with van der Waals surface area (Å²) in [6, 6.07) is 4.89. The summed E-state index contributed by atoms with van der Waals surface area (Å²) >= 11 is 0. The molecule has 114 valence electrons. The van der Waals surface area contributed by atoms with Gasteiger partial charge in [-0.2, -0.15) is 0 Å². The highest BCUT2D eigenvalue weighted by atomic mass is 16.4. The van der Waals surface area contributed by atoms with Gasteiger partial charge in [-0.1, -0.05) is 12.1 Å². The number of carbonyl (C=O) groups excluding carboxylic acids is 2. The average molecular weight is 293 g/mol. The van der Waals surface area contributed by atoms with E-state index in [1.807, 2.05) is 0 Å². The molecule has 1 atom stereocenters. The largest absolute Gasteiger partial charge is 0.478 e. The number of likely N-dealkylation sites (N-methyl/N-ethyl adjacent to an activating group) is 1. The molecule has 3 amide bonds. The first kappa shape index (κ1) is 16.5. The van der Waals surface area contributed by atoms with Crippen LogP contribution in [0, 0.1) is 0 Å². The molecule has 1 aromatic rings. The van der Waals surface area contributed by atoms with Crippen molar-refractivity contribution in [1.29, 1.82) is 0 Å². The van der Waals surface area contributed by atoms with Crippen molar-refractivity contribution in [3.05, 3.63) is 29.8 Å². The Hall–Kier alpha value is -2.57. The van der Waals surface area contributed by atoms with E-state index in [-0.39, 0.29) is 17.2 Å². The number of urea groups is 1. The third kappa shape index (κ3) is 4.20. The van der Waals surface area contributed by atoms with Crippen LogP contribution in [0.5, 0.6) is 0 Å². The lowest BCUT2D eigenvalue weighted by Gasteiger charge is -2.22. The van der Waals surface area contributed by atoms with E-state index < -0.39 is 18.0 Å². The number of hydrogen-bond acceptors (Lipinski definition) is 3. The molecule has 0 fully saturated rings. The van der Waals surface area contributed by atoms with Crippen LogP contribution in [-0.4, -0.2) is 42.6 Å². The fraction of sp³-hybridized carbons (Fsp3) is 0.357. The number of hydrogen-bond donors (Lipinski definition) is 3. The standard InChI is InChI=1S/C14H19N3O4/c1-4-15-12(18)9(2)16-14(21)17(3)11-8-6-5-7-10(11)13(19)20/h5-9H,4H2,1-3H3,(H,15,18)(H,16,21)(H,19,20). The lowest BCUT2D eigenvalue weighted by molar-refractivity contribution is -0.122. The van der Waals surface area contributed by atoms with Gasteiger partial charge in [-0.3, -0.25) is 9.69 Å². The van der Waals surface area contributed by atoms with Crippen LogP contribution in [0.2, 0.25) is 0 Å². The molecule has 0 spiro atoms. The SMILES string of the molecule is CCNC(=O)C(C)NC(=O)N(C)c1ccccc1C(=O)O. The molecule has 3 N–H and O–H groups in total. The number of anilines is 1. The van der Waals surface area contributed by atoms with Crippen molar-refractivity contribution in [2.75, 3.05) is 18.5 Å². The zero-order valence-electron chi connectivity index (χ0n) is 12.2. The summed E-state index contributed by atoms with van der Waals surface area (Å²) in [5.41, 5.74) is 0.270. The number of carboxylic acid groups (broad SMARTS) is 1. The van der Waals surface area contributed by atoms with Crippen LogP contribution in [0.4, 0.5) is 10.5 Å². The van der Waals surface area contributed by atoms with Crippen molar-refractivity contribution >= 4 is 23.6 Å². The van der Waals surface area contributed by atoms with Crippen molar-refractivity contribution in [3.63, 3.8) is 0 Å². The highest BCUT2D eigenvalue weighted by Crippen LogP contribution is 2.19. The molecule has 1 aromatic carbocycles. The molecule has 7 heteroatoms. The van der Waals surface area contributed by atoms with Gasteiger partial charge < -0.3 is 15.7 Å². The van der Waals surface area contributed by atoms with Gasteiger partial charge in [-0.05, 0) is 26.0 Å². The fourth-order valence-corrected chi connectivity index (χ4v) is 1.73. The van der Waals surface area contributed by atoms with Gasteiger partial charge in [-0.15, -0.1) is 0 Å². The molecule has 7 nitrogen and oxygen atoms in total. The summed E-state index contributed by atoms with van der Waals surface area (Å²) in [6.45, 7) is 3.80. The molecule has 0 heterocycles. The van der Waals surface area contributed by atoms with Crippen LogP contribution in [0.3, 0.4) is 0 Å². The van der Waals surface area contributed by atoms with Gasteiger partial charge in [0.15, 0.2) is 0 Å². The highest BCUT2D eigenvalue weighted by Gasteiger charge is 2.21. The number of nitrogens with zero attached hydrogens (tertiary/aromatic N) is 1. The molecule has 0 aromatic heterocycles. The van der Waals surface area contributed by atoms with E-state index in [0.29, 0.717) is 6.54 Å². The summed E-state index contributed by atoms with van der Waals surface area (Å²) in [4.78, 5) is 36.0.